The van der Waals surface area contributed by atoms with Gasteiger partial charge in [-0.25, -0.2) is 10.9 Å². The first kappa shape index (κ1) is 14.3. The Bertz CT molecular complexity index is 709. The van der Waals surface area contributed by atoms with E-state index in [0.717, 1.165) is 28.5 Å². The number of anilines is 1. The van der Waals surface area contributed by atoms with Gasteiger partial charge in [-0.3, -0.25) is 4.79 Å². The molecule has 6 heteroatoms. The Morgan fingerprint density at radius 1 is 1.33 bits per heavy atom. The largest absolute Gasteiger partial charge is 0.340 e. The van der Waals surface area contributed by atoms with Crippen molar-refractivity contribution in [1.82, 2.24) is 5.01 Å². The molecule has 2 aliphatic heterocycles. The molecule has 1 saturated heterocycles. The Kier molecular flexibility index (Phi) is 3.61. The Morgan fingerprint density at radius 3 is 2.71 bits per heavy atom. The highest BCUT2D eigenvalue weighted by atomic mass is 32.2. The molecule has 0 aromatic heterocycles. The van der Waals surface area contributed by atoms with Crippen molar-refractivity contribution < 1.29 is 4.79 Å². The number of carbonyl (C=O) groups is 1. The second kappa shape index (κ2) is 5.29. The topological polar surface area (TPSA) is 49.6 Å². The van der Waals surface area contributed by atoms with Crippen LogP contribution < -0.4 is 10.7 Å². The standard InChI is InChI=1S/C15H15N3OS2/c1-3-17-11-6-4-9(2)8-10(11)5-7-12(17)13-14(19)18(16)15(20)21-13/h4-8H,3,16H2,1-2H3/b13-12+. The molecule has 0 radical (unpaired) electrons. The van der Waals surface area contributed by atoms with Crippen LogP contribution in [-0.4, -0.2) is 21.8 Å². The molecule has 2 aliphatic rings. The predicted molar refractivity (Wildman–Crippen MR) is 91.5 cm³/mol. The van der Waals surface area contributed by atoms with Gasteiger partial charge < -0.3 is 4.90 Å². The molecule has 0 saturated carbocycles. The zero-order chi connectivity index (χ0) is 15.1. The number of aryl methyl sites for hydroxylation is 1. The number of fused-ring (bicyclic) bond motifs is 1. The molecule has 0 aliphatic carbocycles. The van der Waals surface area contributed by atoms with Gasteiger partial charge in [-0.05, 0) is 37.6 Å². The summed E-state index contributed by atoms with van der Waals surface area (Å²) in [5.41, 5.74) is 4.33. The van der Waals surface area contributed by atoms with Gasteiger partial charge in [0.1, 0.15) is 4.91 Å². The maximum atomic E-state index is 12.2. The molecule has 0 atom stereocenters. The highest BCUT2D eigenvalue weighted by Gasteiger charge is 2.34. The van der Waals surface area contributed by atoms with Crippen molar-refractivity contribution in [1.29, 1.82) is 0 Å². The highest BCUT2D eigenvalue weighted by Crippen LogP contribution is 2.38. The van der Waals surface area contributed by atoms with E-state index in [1.165, 1.54) is 17.3 Å². The summed E-state index contributed by atoms with van der Waals surface area (Å²) >= 11 is 6.36. The van der Waals surface area contributed by atoms with Crippen LogP contribution in [0.3, 0.4) is 0 Å². The normalized spacial score (nSPS) is 21.3. The van der Waals surface area contributed by atoms with E-state index < -0.39 is 0 Å². The van der Waals surface area contributed by atoms with Crippen molar-refractivity contribution in [3.05, 3.63) is 46.0 Å². The number of nitrogens with zero attached hydrogens (tertiary/aromatic N) is 2. The SMILES string of the molecule is CCN1/C(=C2/SC(=S)N(N)C2=O)C=Cc2cc(C)ccc21. The molecule has 21 heavy (non-hydrogen) atoms. The van der Waals surface area contributed by atoms with E-state index in [-0.39, 0.29) is 5.91 Å². The lowest BCUT2D eigenvalue weighted by molar-refractivity contribution is -0.122. The molecule has 4 nitrogen and oxygen atoms in total. The van der Waals surface area contributed by atoms with Crippen LogP contribution in [0.1, 0.15) is 18.1 Å². The maximum absolute atomic E-state index is 12.2. The number of hydrogen-bond donors (Lipinski definition) is 1. The number of hydrazine groups is 1. The van der Waals surface area contributed by atoms with E-state index in [1.54, 1.807) is 0 Å². The maximum Gasteiger partial charge on any atom is 0.282 e. The Hall–Kier alpha value is -1.63. The summed E-state index contributed by atoms with van der Waals surface area (Å²) in [5.74, 6) is 5.43. The third-order valence-electron chi connectivity index (χ3n) is 3.53. The number of nitrogens with two attached hydrogens (primary N) is 1. The molecular weight excluding hydrogens is 302 g/mol. The second-order valence-electron chi connectivity index (χ2n) is 4.90. The molecule has 0 unspecified atom stereocenters. The number of carbonyl (C=O) groups excluding carboxylic acids is 1. The third-order valence-corrected chi connectivity index (χ3v) is 4.94. The number of thioether (sulfide) groups is 1. The monoisotopic (exact) mass is 317 g/mol. The minimum Gasteiger partial charge on any atom is -0.340 e. The first-order chi connectivity index (χ1) is 10.0. The zero-order valence-electron chi connectivity index (χ0n) is 11.8. The van der Waals surface area contributed by atoms with Crippen LogP contribution in [-0.2, 0) is 4.79 Å². The van der Waals surface area contributed by atoms with Gasteiger partial charge in [0.25, 0.3) is 5.91 Å². The lowest BCUT2D eigenvalue weighted by Gasteiger charge is -2.30. The van der Waals surface area contributed by atoms with Crippen molar-refractivity contribution in [2.45, 2.75) is 13.8 Å². The van der Waals surface area contributed by atoms with E-state index >= 15 is 0 Å². The molecule has 2 N–H and O–H groups in total. The van der Waals surface area contributed by atoms with E-state index in [0.29, 0.717) is 9.23 Å². The van der Waals surface area contributed by atoms with E-state index in [1.807, 2.05) is 12.2 Å². The summed E-state index contributed by atoms with van der Waals surface area (Å²) in [4.78, 5) is 14.9. The number of rotatable bonds is 1. The van der Waals surface area contributed by atoms with Gasteiger partial charge in [-0.15, -0.1) is 0 Å². The van der Waals surface area contributed by atoms with Gasteiger partial charge in [0.05, 0.1) is 5.70 Å². The minimum absolute atomic E-state index is 0.237. The van der Waals surface area contributed by atoms with Gasteiger partial charge in [-0.1, -0.05) is 41.7 Å². The van der Waals surface area contributed by atoms with Crippen LogP contribution >= 0.6 is 24.0 Å². The Balaban J connectivity index is 2.13. The molecule has 108 valence electrons. The average Bonchev–Trinajstić information content (AvgIpc) is 2.73. The number of allylic oxidation sites excluding steroid dienone is 1. The molecule has 1 amide bonds. The Morgan fingerprint density at radius 2 is 2.10 bits per heavy atom. The lowest BCUT2D eigenvalue weighted by Crippen LogP contribution is -2.35. The van der Waals surface area contributed by atoms with Crippen molar-refractivity contribution in [2.75, 3.05) is 11.4 Å². The molecular formula is C15H15N3OS2. The fourth-order valence-electron chi connectivity index (χ4n) is 2.51. The summed E-state index contributed by atoms with van der Waals surface area (Å²) < 4.78 is 0.390. The molecule has 1 aromatic carbocycles. The highest BCUT2D eigenvalue weighted by molar-refractivity contribution is 8.26. The smallest absolute Gasteiger partial charge is 0.282 e. The summed E-state index contributed by atoms with van der Waals surface area (Å²) in [6.07, 6.45) is 4.00. The van der Waals surface area contributed by atoms with Crippen LogP contribution in [0.5, 0.6) is 0 Å². The molecule has 3 rings (SSSR count). The summed E-state index contributed by atoms with van der Waals surface area (Å²) in [6.45, 7) is 4.90. The van der Waals surface area contributed by atoms with E-state index in [9.17, 15) is 4.79 Å². The third kappa shape index (κ3) is 2.29. The van der Waals surface area contributed by atoms with Gasteiger partial charge in [-0.2, -0.15) is 0 Å². The Labute approximate surface area is 133 Å². The van der Waals surface area contributed by atoms with Gasteiger partial charge in [0.15, 0.2) is 4.32 Å². The first-order valence-electron chi connectivity index (χ1n) is 6.64. The molecule has 1 aromatic rings. The molecule has 1 fully saturated rings. The van der Waals surface area contributed by atoms with Crippen molar-refractivity contribution in [2.24, 2.45) is 5.84 Å². The average molecular weight is 317 g/mol. The van der Waals surface area contributed by atoms with Crippen LogP contribution in [0, 0.1) is 6.92 Å². The van der Waals surface area contributed by atoms with Crippen molar-refractivity contribution >= 4 is 46.0 Å². The van der Waals surface area contributed by atoms with Crippen LogP contribution in [0.15, 0.2) is 34.9 Å². The number of thiocarbonyl (C=S) groups is 1. The zero-order valence-corrected chi connectivity index (χ0v) is 13.4. The lowest BCUT2D eigenvalue weighted by atomic mass is 10.0. The number of hydrogen-bond acceptors (Lipinski definition) is 5. The van der Waals surface area contributed by atoms with Crippen LogP contribution in [0.4, 0.5) is 5.69 Å². The van der Waals surface area contributed by atoms with Gasteiger partial charge in [0, 0.05) is 12.2 Å². The van der Waals surface area contributed by atoms with Crippen LogP contribution in [0.2, 0.25) is 0 Å². The summed E-state index contributed by atoms with van der Waals surface area (Å²) in [5, 5.41) is 1.04. The second-order valence-corrected chi connectivity index (χ2v) is 6.54. The molecule has 2 heterocycles. The quantitative estimate of drug-likeness (QED) is 0.373. The van der Waals surface area contributed by atoms with E-state index in [4.69, 9.17) is 18.1 Å². The first-order valence-corrected chi connectivity index (χ1v) is 7.87. The summed E-state index contributed by atoms with van der Waals surface area (Å²) in [7, 11) is 0. The summed E-state index contributed by atoms with van der Waals surface area (Å²) in [6, 6.07) is 6.30. The minimum atomic E-state index is -0.237. The molecule has 0 spiro atoms. The van der Waals surface area contributed by atoms with Gasteiger partial charge >= 0.3 is 0 Å². The van der Waals surface area contributed by atoms with Crippen molar-refractivity contribution in [3.63, 3.8) is 0 Å². The molecule has 0 bridgehead atoms. The number of likely N-dealkylation sites (N-methyl/N-ethyl adjacent to an activating group) is 1. The number of benzene rings is 1. The number of amides is 1. The fourth-order valence-corrected chi connectivity index (χ4v) is 3.67. The van der Waals surface area contributed by atoms with Gasteiger partial charge in [0.2, 0.25) is 0 Å². The fraction of sp³-hybridized carbons (Fsp3) is 0.200. The predicted octanol–water partition coefficient (Wildman–Crippen LogP) is 2.79. The van der Waals surface area contributed by atoms with Crippen LogP contribution in [0.25, 0.3) is 6.08 Å². The van der Waals surface area contributed by atoms with Crippen molar-refractivity contribution in [3.8, 4) is 0 Å². The van der Waals surface area contributed by atoms with E-state index in [2.05, 4.69) is 36.9 Å².